The molecule has 1 aliphatic rings. The van der Waals surface area contributed by atoms with E-state index in [2.05, 4.69) is 28.0 Å². The Morgan fingerprint density at radius 3 is 3.38 bits per heavy atom. The molecule has 0 aliphatic carbocycles. The van der Waals surface area contributed by atoms with Gasteiger partial charge in [0.15, 0.2) is 0 Å². The molecule has 0 spiro atoms. The molecule has 90 valence electrons. The highest BCUT2D eigenvalue weighted by Gasteiger charge is 2.18. The second-order valence-corrected chi connectivity index (χ2v) is 4.67. The van der Waals surface area contributed by atoms with Crippen LogP contribution in [0.1, 0.15) is 19.2 Å². The summed E-state index contributed by atoms with van der Waals surface area (Å²) in [6, 6.07) is 0.439. The SMILES string of the molecule is COC[C@@H](C)NC[C@@H]1CCc2nccn2C1. The van der Waals surface area contributed by atoms with Gasteiger partial charge in [0.25, 0.3) is 0 Å². The van der Waals surface area contributed by atoms with Gasteiger partial charge in [0.1, 0.15) is 5.82 Å². The minimum absolute atomic E-state index is 0.439. The van der Waals surface area contributed by atoms with Gasteiger partial charge in [-0.2, -0.15) is 0 Å². The molecule has 1 aliphatic heterocycles. The van der Waals surface area contributed by atoms with Gasteiger partial charge in [-0.25, -0.2) is 4.98 Å². The summed E-state index contributed by atoms with van der Waals surface area (Å²) in [7, 11) is 1.75. The molecule has 0 saturated carbocycles. The number of aromatic nitrogens is 2. The first kappa shape index (κ1) is 11.6. The van der Waals surface area contributed by atoms with Crippen molar-refractivity contribution in [2.24, 2.45) is 5.92 Å². The monoisotopic (exact) mass is 223 g/mol. The third-order valence-electron chi connectivity index (χ3n) is 3.20. The fourth-order valence-electron chi connectivity index (χ4n) is 2.28. The van der Waals surface area contributed by atoms with Crippen molar-refractivity contribution in [3.05, 3.63) is 18.2 Å². The molecule has 0 radical (unpaired) electrons. The molecule has 2 atom stereocenters. The topological polar surface area (TPSA) is 39.1 Å². The van der Waals surface area contributed by atoms with E-state index in [1.165, 1.54) is 12.2 Å². The lowest BCUT2D eigenvalue weighted by atomic mass is 9.99. The quantitative estimate of drug-likeness (QED) is 0.811. The van der Waals surface area contributed by atoms with Crippen LogP contribution in [0.15, 0.2) is 12.4 Å². The summed E-state index contributed by atoms with van der Waals surface area (Å²) in [5, 5.41) is 3.52. The van der Waals surface area contributed by atoms with Crippen LogP contribution in [-0.2, 0) is 17.7 Å². The summed E-state index contributed by atoms with van der Waals surface area (Å²) in [6.45, 7) is 5.11. The molecule has 4 heteroatoms. The van der Waals surface area contributed by atoms with Gasteiger partial charge < -0.3 is 14.6 Å². The Balaban J connectivity index is 1.77. The predicted molar refractivity (Wildman–Crippen MR) is 63.4 cm³/mol. The maximum Gasteiger partial charge on any atom is 0.108 e. The van der Waals surface area contributed by atoms with Gasteiger partial charge in [-0.3, -0.25) is 0 Å². The van der Waals surface area contributed by atoms with Crippen molar-refractivity contribution in [3.63, 3.8) is 0 Å². The molecule has 1 N–H and O–H groups in total. The number of nitrogens with one attached hydrogen (secondary N) is 1. The van der Waals surface area contributed by atoms with E-state index in [1.54, 1.807) is 7.11 Å². The average molecular weight is 223 g/mol. The molecule has 0 fully saturated rings. The van der Waals surface area contributed by atoms with Crippen molar-refractivity contribution in [2.45, 2.75) is 32.4 Å². The van der Waals surface area contributed by atoms with Gasteiger partial charge in [-0.05, 0) is 19.3 Å². The highest BCUT2D eigenvalue weighted by molar-refractivity contribution is 4.96. The Kier molecular flexibility index (Phi) is 3.96. The first-order chi connectivity index (χ1) is 7.79. The fourth-order valence-corrected chi connectivity index (χ4v) is 2.28. The molecule has 0 amide bonds. The van der Waals surface area contributed by atoms with E-state index in [9.17, 15) is 0 Å². The number of hydrogen-bond donors (Lipinski definition) is 1. The van der Waals surface area contributed by atoms with Crippen molar-refractivity contribution in [2.75, 3.05) is 20.3 Å². The number of ether oxygens (including phenoxy) is 1. The highest BCUT2D eigenvalue weighted by Crippen LogP contribution is 2.17. The Morgan fingerprint density at radius 2 is 2.56 bits per heavy atom. The molecule has 2 rings (SSSR count). The van der Waals surface area contributed by atoms with E-state index in [4.69, 9.17) is 4.74 Å². The van der Waals surface area contributed by atoms with E-state index >= 15 is 0 Å². The number of hydrogen-bond acceptors (Lipinski definition) is 3. The van der Waals surface area contributed by atoms with Crippen LogP contribution in [0, 0.1) is 5.92 Å². The number of aryl methyl sites for hydroxylation is 1. The molecule has 2 heterocycles. The molecule has 4 nitrogen and oxygen atoms in total. The van der Waals surface area contributed by atoms with Crippen molar-refractivity contribution in [3.8, 4) is 0 Å². The molecular formula is C12H21N3O. The lowest BCUT2D eigenvalue weighted by Crippen LogP contribution is -2.37. The molecule has 16 heavy (non-hydrogen) atoms. The first-order valence-corrected chi connectivity index (χ1v) is 6.02. The zero-order valence-electron chi connectivity index (χ0n) is 10.1. The summed E-state index contributed by atoms with van der Waals surface area (Å²) in [5.41, 5.74) is 0. The van der Waals surface area contributed by atoms with Crippen LogP contribution in [0.3, 0.4) is 0 Å². The predicted octanol–water partition coefficient (Wildman–Crippen LogP) is 1.07. The van der Waals surface area contributed by atoms with Crippen LogP contribution in [0.25, 0.3) is 0 Å². The van der Waals surface area contributed by atoms with Crippen LogP contribution in [-0.4, -0.2) is 35.9 Å². The van der Waals surface area contributed by atoms with Gasteiger partial charge in [0.05, 0.1) is 6.61 Å². The maximum atomic E-state index is 5.11. The molecule has 1 aromatic heterocycles. The fraction of sp³-hybridized carbons (Fsp3) is 0.750. The molecular weight excluding hydrogens is 202 g/mol. The number of imidazole rings is 1. The number of nitrogens with zero attached hydrogens (tertiary/aromatic N) is 2. The van der Waals surface area contributed by atoms with Crippen LogP contribution in [0.5, 0.6) is 0 Å². The molecule has 0 aromatic carbocycles. The van der Waals surface area contributed by atoms with Gasteiger partial charge in [0, 0.05) is 45.1 Å². The first-order valence-electron chi connectivity index (χ1n) is 6.02. The van der Waals surface area contributed by atoms with Crippen LogP contribution in [0.2, 0.25) is 0 Å². The minimum Gasteiger partial charge on any atom is -0.383 e. The standard InChI is InChI=1S/C12H21N3O/c1-10(9-16-2)14-7-11-3-4-12-13-5-6-15(12)8-11/h5-6,10-11,14H,3-4,7-9H2,1-2H3/t10-,11+/m1/s1. The second kappa shape index (κ2) is 5.46. The zero-order chi connectivity index (χ0) is 11.4. The third-order valence-corrected chi connectivity index (χ3v) is 3.20. The summed E-state index contributed by atoms with van der Waals surface area (Å²) >= 11 is 0. The number of fused-ring (bicyclic) bond motifs is 1. The van der Waals surface area contributed by atoms with Crippen molar-refractivity contribution >= 4 is 0 Å². The largest absolute Gasteiger partial charge is 0.383 e. The number of methoxy groups -OCH3 is 1. The molecule has 0 saturated heterocycles. The number of rotatable bonds is 5. The van der Waals surface area contributed by atoms with Crippen LogP contribution in [0.4, 0.5) is 0 Å². The van der Waals surface area contributed by atoms with Crippen molar-refractivity contribution in [1.82, 2.24) is 14.9 Å². The molecule has 1 aromatic rings. The van der Waals surface area contributed by atoms with E-state index in [0.29, 0.717) is 6.04 Å². The van der Waals surface area contributed by atoms with E-state index < -0.39 is 0 Å². The van der Waals surface area contributed by atoms with Crippen LogP contribution >= 0.6 is 0 Å². The molecule has 0 unspecified atom stereocenters. The summed E-state index contributed by atoms with van der Waals surface area (Å²) < 4.78 is 7.38. The van der Waals surface area contributed by atoms with Gasteiger partial charge in [-0.15, -0.1) is 0 Å². The smallest absolute Gasteiger partial charge is 0.108 e. The normalized spacial score (nSPS) is 21.8. The highest BCUT2D eigenvalue weighted by atomic mass is 16.5. The van der Waals surface area contributed by atoms with E-state index in [-0.39, 0.29) is 0 Å². The van der Waals surface area contributed by atoms with E-state index in [1.807, 2.05) is 6.20 Å². The lowest BCUT2D eigenvalue weighted by Gasteiger charge is -2.25. The average Bonchev–Trinajstić information content (AvgIpc) is 2.74. The Hall–Kier alpha value is -0.870. The Morgan fingerprint density at radius 1 is 1.69 bits per heavy atom. The summed E-state index contributed by atoms with van der Waals surface area (Å²) in [6.07, 6.45) is 6.33. The molecule has 0 bridgehead atoms. The third kappa shape index (κ3) is 2.83. The van der Waals surface area contributed by atoms with E-state index in [0.717, 1.165) is 32.0 Å². The van der Waals surface area contributed by atoms with Gasteiger partial charge >= 0.3 is 0 Å². The summed E-state index contributed by atoms with van der Waals surface area (Å²) in [4.78, 5) is 4.34. The Bertz CT molecular complexity index is 324. The minimum atomic E-state index is 0.439. The van der Waals surface area contributed by atoms with Gasteiger partial charge in [0.2, 0.25) is 0 Å². The van der Waals surface area contributed by atoms with Crippen molar-refractivity contribution in [1.29, 1.82) is 0 Å². The lowest BCUT2D eigenvalue weighted by molar-refractivity contribution is 0.168. The zero-order valence-corrected chi connectivity index (χ0v) is 10.1. The second-order valence-electron chi connectivity index (χ2n) is 4.67. The van der Waals surface area contributed by atoms with Gasteiger partial charge in [-0.1, -0.05) is 0 Å². The Labute approximate surface area is 97.0 Å². The van der Waals surface area contributed by atoms with Crippen LogP contribution < -0.4 is 5.32 Å². The summed E-state index contributed by atoms with van der Waals surface area (Å²) in [5.74, 6) is 1.96. The van der Waals surface area contributed by atoms with Crippen molar-refractivity contribution < 1.29 is 4.74 Å². The maximum absolute atomic E-state index is 5.11.